The molecule has 5 heteroatoms. The van der Waals surface area contributed by atoms with Crippen molar-refractivity contribution in [1.29, 1.82) is 0 Å². The van der Waals surface area contributed by atoms with E-state index in [0.29, 0.717) is 33.3 Å². The number of rotatable bonds is 2. The normalized spacial score (nSPS) is 14.8. The summed E-state index contributed by atoms with van der Waals surface area (Å²) in [5, 5.41) is 14.1. The van der Waals surface area contributed by atoms with Crippen LogP contribution in [0.2, 0.25) is 10.0 Å². The molecular weight excluding hydrogens is 297 g/mol. The molecule has 0 fully saturated rings. The van der Waals surface area contributed by atoms with Gasteiger partial charge < -0.3 is 10.4 Å². The Balaban J connectivity index is 2.02. The Hall–Kier alpha value is -1.55. The Morgan fingerprint density at radius 1 is 1.20 bits per heavy atom. The minimum Gasteiger partial charge on any atom is -0.384 e. The summed E-state index contributed by atoms with van der Waals surface area (Å²) < 4.78 is 0. The Kier molecular flexibility index (Phi) is 3.42. The van der Waals surface area contributed by atoms with Crippen molar-refractivity contribution in [3.8, 4) is 0 Å². The van der Waals surface area contributed by atoms with E-state index in [0.717, 1.165) is 5.56 Å². The predicted octanol–water partition coefficient (Wildman–Crippen LogP) is 3.57. The van der Waals surface area contributed by atoms with Gasteiger partial charge in [0.1, 0.15) is 6.10 Å². The molecule has 0 saturated heterocycles. The number of anilines is 1. The first-order chi connectivity index (χ1) is 9.54. The molecule has 1 atom stereocenters. The van der Waals surface area contributed by atoms with Crippen LogP contribution in [0, 0.1) is 0 Å². The van der Waals surface area contributed by atoms with Gasteiger partial charge in [-0.1, -0.05) is 35.3 Å². The molecule has 0 radical (unpaired) electrons. The highest BCUT2D eigenvalue weighted by Crippen LogP contribution is 2.35. The van der Waals surface area contributed by atoms with E-state index >= 15 is 0 Å². The van der Waals surface area contributed by atoms with E-state index in [1.807, 2.05) is 0 Å². The molecule has 3 rings (SSSR count). The standard InChI is InChI=1S/C15H11Cl2NO2/c16-10-3-1-2-8(4-10)15(20)11-5-9-6-14(19)18-13(9)7-12(11)17/h1-5,7,15,20H,6H2,(H,18,19). The highest BCUT2D eigenvalue weighted by Gasteiger charge is 2.22. The molecule has 2 aromatic rings. The Morgan fingerprint density at radius 3 is 2.75 bits per heavy atom. The molecule has 2 aromatic carbocycles. The SMILES string of the molecule is O=C1Cc2cc(C(O)c3cccc(Cl)c3)c(Cl)cc2N1. The minimum atomic E-state index is -0.873. The summed E-state index contributed by atoms with van der Waals surface area (Å²) in [6.45, 7) is 0. The number of aliphatic hydroxyl groups excluding tert-OH is 1. The molecule has 0 bridgehead atoms. The zero-order chi connectivity index (χ0) is 14.3. The molecule has 1 heterocycles. The molecule has 102 valence electrons. The number of halogens is 2. The van der Waals surface area contributed by atoms with Crippen LogP contribution in [-0.4, -0.2) is 11.0 Å². The number of nitrogens with one attached hydrogen (secondary N) is 1. The van der Waals surface area contributed by atoms with Crippen LogP contribution in [0.3, 0.4) is 0 Å². The zero-order valence-corrected chi connectivity index (χ0v) is 11.9. The molecule has 1 aliphatic rings. The van der Waals surface area contributed by atoms with Gasteiger partial charge in [0, 0.05) is 21.3 Å². The van der Waals surface area contributed by atoms with Crippen LogP contribution in [0.5, 0.6) is 0 Å². The van der Waals surface area contributed by atoms with Gasteiger partial charge in [0.2, 0.25) is 5.91 Å². The zero-order valence-electron chi connectivity index (χ0n) is 10.4. The second-order valence-electron chi connectivity index (χ2n) is 4.71. The molecule has 0 saturated carbocycles. The molecule has 2 N–H and O–H groups in total. The van der Waals surface area contributed by atoms with Gasteiger partial charge in [0.15, 0.2) is 0 Å². The number of hydrogen-bond acceptors (Lipinski definition) is 2. The Bertz CT molecular complexity index is 700. The Morgan fingerprint density at radius 2 is 2.00 bits per heavy atom. The minimum absolute atomic E-state index is 0.0644. The monoisotopic (exact) mass is 307 g/mol. The van der Waals surface area contributed by atoms with Gasteiger partial charge in [-0.05, 0) is 35.4 Å². The van der Waals surface area contributed by atoms with E-state index in [9.17, 15) is 9.90 Å². The lowest BCUT2D eigenvalue weighted by Gasteiger charge is -2.15. The van der Waals surface area contributed by atoms with Crippen molar-refractivity contribution in [2.75, 3.05) is 5.32 Å². The second kappa shape index (κ2) is 5.09. The van der Waals surface area contributed by atoms with Gasteiger partial charge in [-0.25, -0.2) is 0 Å². The van der Waals surface area contributed by atoms with Gasteiger partial charge in [0.05, 0.1) is 6.42 Å². The summed E-state index contributed by atoms with van der Waals surface area (Å²) in [4.78, 5) is 11.4. The number of aliphatic hydroxyl groups is 1. The fourth-order valence-electron chi connectivity index (χ4n) is 2.33. The molecule has 1 unspecified atom stereocenters. The van der Waals surface area contributed by atoms with Crippen molar-refractivity contribution in [3.05, 3.63) is 63.1 Å². The third kappa shape index (κ3) is 2.40. The summed E-state index contributed by atoms with van der Waals surface area (Å²) in [5.41, 5.74) is 2.79. The van der Waals surface area contributed by atoms with Crippen molar-refractivity contribution in [2.45, 2.75) is 12.5 Å². The summed E-state index contributed by atoms with van der Waals surface area (Å²) in [7, 11) is 0. The quantitative estimate of drug-likeness (QED) is 0.891. The van der Waals surface area contributed by atoms with Crippen LogP contribution in [0.4, 0.5) is 5.69 Å². The van der Waals surface area contributed by atoms with E-state index in [-0.39, 0.29) is 5.91 Å². The van der Waals surface area contributed by atoms with E-state index in [1.165, 1.54) is 0 Å². The van der Waals surface area contributed by atoms with E-state index < -0.39 is 6.10 Å². The van der Waals surface area contributed by atoms with Crippen molar-refractivity contribution >= 4 is 34.8 Å². The van der Waals surface area contributed by atoms with Crippen LogP contribution in [0.25, 0.3) is 0 Å². The van der Waals surface area contributed by atoms with Gasteiger partial charge in [0.25, 0.3) is 0 Å². The number of hydrogen-bond donors (Lipinski definition) is 2. The lowest BCUT2D eigenvalue weighted by molar-refractivity contribution is -0.115. The van der Waals surface area contributed by atoms with E-state index in [1.54, 1.807) is 36.4 Å². The molecule has 20 heavy (non-hydrogen) atoms. The fourth-order valence-corrected chi connectivity index (χ4v) is 2.80. The molecule has 0 aromatic heterocycles. The third-order valence-electron chi connectivity index (χ3n) is 3.31. The number of carbonyl (C=O) groups is 1. The molecule has 1 aliphatic heterocycles. The lowest BCUT2D eigenvalue weighted by atomic mass is 9.98. The molecular formula is C15H11Cl2NO2. The molecule has 1 amide bonds. The first-order valence-electron chi connectivity index (χ1n) is 6.10. The lowest BCUT2D eigenvalue weighted by Crippen LogP contribution is -2.03. The van der Waals surface area contributed by atoms with Crippen molar-refractivity contribution in [1.82, 2.24) is 0 Å². The van der Waals surface area contributed by atoms with Crippen LogP contribution >= 0.6 is 23.2 Å². The number of carbonyl (C=O) groups excluding carboxylic acids is 1. The first-order valence-corrected chi connectivity index (χ1v) is 6.86. The van der Waals surface area contributed by atoms with Gasteiger partial charge in [-0.15, -0.1) is 0 Å². The summed E-state index contributed by atoms with van der Waals surface area (Å²) in [6.07, 6.45) is -0.566. The highest BCUT2D eigenvalue weighted by molar-refractivity contribution is 6.32. The van der Waals surface area contributed by atoms with Crippen LogP contribution < -0.4 is 5.32 Å². The summed E-state index contributed by atoms with van der Waals surface area (Å²) in [6, 6.07) is 10.4. The average Bonchev–Trinajstić information content (AvgIpc) is 2.76. The largest absolute Gasteiger partial charge is 0.384 e. The first kappa shape index (κ1) is 13.4. The predicted molar refractivity (Wildman–Crippen MR) is 79.3 cm³/mol. The number of benzene rings is 2. The maximum absolute atomic E-state index is 11.4. The molecule has 0 aliphatic carbocycles. The average molecular weight is 308 g/mol. The fraction of sp³-hybridized carbons (Fsp3) is 0.133. The van der Waals surface area contributed by atoms with Gasteiger partial charge >= 0.3 is 0 Å². The topological polar surface area (TPSA) is 49.3 Å². The van der Waals surface area contributed by atoms with Gasteiger partial charge in [-0.3, -0.25) is 4.79 Å². The highest BCUT2D eigenvalue weighted by atomic mass is 35.5. The molecule has 0 spiro atoms. The summed E-state index contributed by atoms with van der Waals surface area (Å²) >= 11 is 12.1. The van der Waals surface area contributed by atoms with Crippen LogP contribution in [0.15, 0.2) is 36.4 Å². The van der Waals surface area contributed by atoms with E-state index in [4.69, 9.17) is 23.2 Å². The van der Waals surface area contributed by atoms with Gasteiger partial charge in [-0.2, -0.15) is 0 Å². The smallest absolute Gasteiger partial charge is 0.228 e. The second-order valence-corrected chi connectivity index (χ2v) is 5.56. The van der Waals surface area contributed by atoms with E-state index in [2.05, 4.69) is 5.32 Å². The van der Waals surface area contributed by atoms with Crippen molar-refractivity contribution in [2.24, 2.45) is 0 Å². The maximum Gasteiger partial charge on any atom is 0.228 e. The van der Waals surface area contributed by atoms with Crippen LogP contribution in [0.1, 0.15) is 22.8 Å². The van der Waals surface area contributed by atoms with Crippen LogP contribution in [-0.2, 0) is 11.2 Å². The maximum atomic E-state index is 11.4. The number of amides is 1. The third-order valence-corrected chi connectivity index (χ3v) is 3.87. The summed E-state index contributed by atoms with van der Waals surface area (Å²) in [5.74, 6) is -0.0644. The van der Waals surface area contributed by atoms with Crippen molar-refractivity contribution < 1.29 is 9.90 Å². The number of fused-ring (bicyclic) bond motifs is 1. The Labute approximate surface area is 126 Å². The molecule has 3 nitrogen and oxygen atoms in total. The van der Waals surface area contributed by atoms with Crippen molar-refractivity contribution in [3.63, 3.8) is 0 Å².